The molecular formula is C13H11BrClF2N3. The fourth-order valence-corrected chi connectivity index (χ4v) is 2.06. The van der Waals surface area contributed by atoms with E-state index in [1.54, 1.807) is 6.92 Å². The van der Waals surface area contributed by atoms with Gasteiger partial charge >= 0.3 is 0 Å². The Bertz CT molecular complexity index is 665. The van der Waals surface area contributed by atoms with Gasteiger partial charge in [-0.15, -0.1) is 0 Å². The minimum atomic E-state index is -0.592. The lowest BCUT2D eigenvalue weighted by Crippen LogP contribution is -2.04. The number of hydrogen-bond acceptors (Lipinski definition) is 3. The molecule has 0 aliphatic rings. The van der Waals surface area contributed by atoms with Gasteiger partial charge in [0.05, 0.1) is 10.2 Å². The third kappa shape index (κ3) is 3.07. The summed E-state index contributed by atoms with van der Waals surface area (Å²) in [5.74, 6) is -0.267. The first kappa shape index (κ1) is 15.1. The van der Waals surface area contributed by atoms with E-state index in [4.69, 9.17) is 11.6 Å². The Labute approximate surface area is 128 Å². The van der Waals surface area contributed by atoms with Crippen molar-refractivity contribution >= 4 is 39.0 Å². The van der Waals surface area contributed by atoms with Crippen LogP contribution in [-0.2, 0) is 6.42 Å². The number of aromatic nitrogens is 2. The van der Waals surface area contributed by atoms with Gasteiger partial charge in [0.15, 0.2) is 0 Å². The second kappa shape index (κ2) is 6.01. The molecule has 0 saturated carbocycles. The zero-order chi connectivity index (χ0) is 14.9. The Morgan fingerprint density at radius 1 is 1.25 bits per heavy atom. The zero-order valence-electron chi connectivity index (χ0n) is 10.8. The second-order valence-electron chi connectivity index (χ2n) is 4.13. The van der Waals surface area contributed by atoms with Crippen LogP contribution in [0.5, 0.6) is 0 Å². The number of nitrogens with zero attached hydrogens (tertiary/aromatic N) is 2. The molecule has 1 aromatic heterocycles. The molecule has 0 aliphatic carbocycles. The van der Waals surface area contributed by atoms with Gasteiger partial charge in [0.25, 0.3) is 0 Å². The van der Waals surface area contributed by atoms with Gasteiger partial charge in [-0.1, -0.05) is 18.5 Å². The molecule has 0 fully saturated rings. The van der Waals surface area contributed by atoms with Gasteiger partial charge in [0.1, 0.15) is 28.4 Å². The summed E-state index contributed by atoms with van der Waals surface area (Å²) in [5.41, 5.74) is 0.567. The quantitative estimate of drug-likeness (QED) is 0.630. The Hall–Kier alpha value is -1.27. The highest BCUT2D eigenvalue weighted by molar-refractivity contribution is 9.10. The van der Waals surface area contributed by atoms with E-state index in [0.29, 0.717) is 23.6 Å². The van der Waals surface area contributed by atoms with Crippen LogP contribution in [0.3, 0.4) is 0 Å². The van der Waals surface area contributed by atoms with E-state index in [9.17, 15) is 8.78 Å². The van der Waals surface area contributed by atoms with Gasteiger partial charge in [-0.25, -0.2) is 18.7 Å². The molecule has 0 saturated heterocycles. The molecule has 0 bridgehead atoms. The van der Waals surface area contributed by atoms with Gasteiger partial charge in [-0.3, -0.25) is 0 Å². The molecule has 7 heteroatoms. The highest BCUT2D eigenvalue weighted by Gasteiger charge is 2.13. The Morgan fingerprint density at radius 3 is 2.60 bits per heavy atom. The van der Waals surface area contributed by atoms with Crippen LogP contribution in [0.25, 0.3) is 0 Å². The van der Waals surface area contributed by atoms with Crippen molar-refractivity contribution in [3.63, 3.8) is 0 Å². The number of halogens is 4. The number of aryl methyl sites for hydroxylation is 1. The molecule has 0 spiro atoms. The largest absolute Gasteiger partial charge is 0.337 e. The summed E-state index contributed by atoms with van der Waals surface area (Å²) in [6, 6.07) is 2.11. The van der Waals surface area contributed by atoms with Crippen molar-refractivity contribution in [3.8, 4) is 0 Å². The molecule has 0 radical (unpaired) electrons. The van der Waals surface area contributed by atoms with E-state index in [1.807, 2.05) is 6.92 Å². The summed E-state index contributed by atoms with van der Waals surface area (Å²) in [6.45, 7) is 3.59. The van der Waals surface area contributed by atoms with Crippen molar-refractivity contribution in [2.24, 2.45) is 0 Å². The third-order valence-electron chi connectivity index (χ3n) is 2.71. The molecule has 0 atom stereocenters. The Balaban J connectivity index is 2.44. The number of anilines is 2. The van der Waals surface area contributed by atoms with Crippen LogP contribution in [0.1, 0.15) is 18.3 Å². The molecule has 2 rings (SSSR count). The molecule has 1 N–H and O–H groups in total. The highest BCUT2D eigenvalue weighted by Crippen LogP contribution is 2.28. The zero-order valence-corrected chi connectivity index (χ0v) is 13.1. The number of benzene rings is 1. The predicted molar refractivity (Wildman–Crippen MR) is 78.5 cm³/mol. The van der Waals surface area contributed by atoms with E-state index in [1.165, 1.54) is 0 Å². The maximum atomic E-state index is 13.8. The summed E-state index contributed by atoms with van der Waals surface area (Å²) >= 11 is 8.92. The average molecular weight is 363 g/mol. The molecule has 0 unspecified atom stereocenters. The number of hydrogen-bond donors (Lipinski definition) is 1. The average Bonchev–Trinajstić information content (AvgIpc) is 2.40. The standard InChI is InChI=1S/C13H11BrClF2N3/c1-3-11-19-12(15)6(2)13(20-11)18-10-5-8(16)7(14)4-9(10)17/h4-5H,3H2,1-2H3,(H,18,19,20). The Kier molecular flexibility index (Phi) is 4.55. The fourth-order valence-electron chi connectivity index (χ4n) is 1.56. The minimum absolute atomic E-state index is 0.00869. The summed E-state index contributed by atoms with van der Waals surface area (Å²) in [4.78, 5) is 8.32. The van der Waals surface area contributed by atoms with Gasteiger partial charge in [-0.2, -0.15) is 0 Å². The Morgan fingerprint density at radius 2 is 1.95 bits per heavy atom. The smallest absolute Gasteiger partial charge is 0.148 e. The molecule has 0 amide bonds. The van der Waals surface area contributed by atoms with Gasteiger partial charge in [-0.05, 0) is 28.9 Å². The molecule has 1 heterocycles. The van der Waals surface area contributed by atoms with Crippen LogP contribution in [0.4, 0.5) is 20.3 Å². The van der Waals surface area contributed by atoms with Crippen molar-refractivity contribution in [2.45, 2.75) is 20.3 Å². The van der Waals surface area contributed by atoms with Crippen molar-refractivity contribution in [1.82, 2.24) is 9.97 Å². The van der Waals surface area contributed by atoms with Crippen molar-refractivity contribution in [2.75, 3.05) is 5.32 Å². The van der Waals surface area contributed by atoms with E-state index in [0.717, 1.165) is 12.1 Å². The topological polar surface area (TPSA) is 37.8 Å². The van der Waals surface area contributed by atoms with E-state index in [-0.39, 0.29) is 15.3 Å². The number of rotatable bonds is 3. The van der Waals surface area contributed by atoms with E-state index < -0.39 is 11.6 Å². The van der Waals surface area contributed by atoms with Crippen LogP contribution in [0, 0.1) is 18.6 Å². The first-order chi connectivity index (χ1) is 9.42. The first-order valence-corrected chi connectivity index (χ1v) is 7.04. The van der Waals surface area contributed by atoms with Crippen molar-refractivity contribution < 1.29 is 8.78 Å². The van der Waals surface area contributed by atoms with E-state index >= 15 is 0 Å². The molecular weight excluding hydrogens is 352 g/mol. The summed E-state index contributed by atoms with van der Waals surface area (Å²) in [5, 5.41) is 3.04. The molecule has 3 nitrogen and oxygen atoms in total. The van der Waals surface area contributed by atoms with E-state index in [2.05, 4.69) is 31.2 Å². The lowest BCUT2D eigenvalue weighted by molar-refractivity contribution is 0.597. The lowest BCUT2D eigenvalue weighted by atomic mass is 10.2. The molecule has 0 aliphatic heterocycles. The molecule has 2 aromatic rings. The van der Waals surface area contributed by atoms with Gasteiger partial charge in [0.2, 0.25) is 0 Å². The summed E-state index contributed by atoms with van der Waals surface area (Å²) in [6.07, 6.45) is 0.589. The lowest BCUT2D eigenvalue weighted by Gasteiger charge is -2.12. The monoisotopic (exact) mass is 361 g/mol. The summed E-state index contributed by atoms with van der Waals surface area (Å²) < 4.78 is 27.3. The second-order valence-corrected chi connectivity index (χ2v) is 5.34. The number of nitrogens with one attached hydrogen (secondary N) is 1. The predicted octanol–water partition coefficient (Wildman–Crippen LogP) is 4.79. The maximum absolute atomic E-state index is 13.8. The molecule has 1 aromatic carbocycles. The van der Waals surface area contributed by atoms with Gasteiger partial charge < -0.3 is 5.32 Å². The van der Waals surface area contributed by atoms with Crippen LogP contribution in [0.15, 0.2) is 16.6 Å². The van der Waals surface area contributed by atoms with Gasteiger partial charge in [0, 0.05) is 18.1 Å². The normalized spacial score (nSPS) is 10.7. The van der Waals surface area contributed by atoms with Crippen molar-refractivity contribution in [3.05, 3.63) is 44.8 Å². The summed E-state index contributed by atoms with van der Waals surface area (Å²) in [7, 11) is 0. The van der Waals surface area contributed by atoms with Crippen LogP contribution < -0.4 is 5.32 Å². The van der Waals surface area contributed by atoms with Crippen molar-refractivity contribution in [1.29, 1.82) is 0 Å². The minimum Gasteiger partial charge on any atom is -0.337 e. The van der Waals surface area contributed by atoms with Crippen LogP contribution >= 0.6 is 27.5 Å². The highest BCUT2D eigenvalue weighted by atomic mass is 79.9. The SMILES string of the molecule is CCc1nc(Cl)c(C)c(Nc2cc(F)c(Br)cc2F)n1. The van der Waals surface area contributed by atoms with Crippen LogP contribution in [-0.4, -0.2) is 9.97 Å². The first-order valence-electron chi connectivity index (χ1n) is 5.87. The van der Waals surface area contributed by atoms with Crippen LogP contribution in [0.2, 0.25) is 5.15 Å². The fraction of sp³-hybridized carbons (Fsp3) is 0.231. The molecule has 20 heavy (non-hydrogen) atoms. The molecule has 106 valence electrons. The third-order valence-corrected chi connectivity index (χ3v) is 3.69. The maximum Gasteiger partial charge on any atom is 0.148 e.